The third kappa shape index (κ3) is 5.06. The first-order valence-electron chi connectivity index (χ1n) is 11.2. The Kier molecular flexibility index (Phi) is 6.92. The van der Waals surface area contributed by atoms with Gasteiger partial charge in [-0.25, -0.2) is 9.97 Å². The van der Waals surface area contributed by atoms with Crippen LogP contribution in [0.2, 0.25) is 5.15 Å². The number of benzene rings is 2. The monoisotopic (exact) mass is 480 g/mol. The van der Waals surface area contributed by atoms with Gasteiger partial charge in [0.1, 0.15) is 5.15 Å². The van der Waals surface area contributed by atoms with E-state index >= 15 is 0 Å². The highest BCUT2D eigenvalue weighted by Gasteiger charge is 2.15. The van der Waals surface area contributed by atoms with Crippen LogP contribution in [0, 0.1) is 0 Å². The maximum atomic E-state index is 13.3. The molecule has 0 saturated carbocycles. The van der Waals surface area contributed by atoms with Crippen molar-refractivity contribution in [3.8, 4) is 0 Å². The van der Waals surface area contributed by atoms with E-state index in [9.17, 15) is 4.79 Å². The Bertz CT molecular complexity index is 1340. The van der Waals surface area contributed by atoms with E-state index in [1.54, 1.807) is 0 Å². The maximum absolute atomic E-state index is 13.3. The van der Waals surface area contributed by atoms with Gasteiger partial charge in [-0.1, -0.05) is 53.7 Å². The number of aromatic nitrogens is 3. The number of thioether (sulfide) groups is 1. The number of hydrogen-bond acceptors (Lipinski definition) is 6. The van der Waals surface area contributed by atoms with E-state index in [1.807, 2.05) is 53.1 Å². The summed E-state index contributed by atoms with van der Waals surface area (Å²) < 4.78 is 7.25. The standard InChI is InChI=1S/C25H25ClN4O2S/c26-23-19(16-18-6-1-3-8-21(18)27-23)17-33-25-28-22-9-4-2-7-20(22)24(31)30(25)11-5-10-29-12-14-32-15-13-29/h1-4,6-9,16H,5,10-15,17H2. The van der Waals surface area contributed by atoms with Crippen molar-refractivity contribution < 1.29 is 4.74 Å². The van der Waals surface area contributed by atoms with Crippen molar-refractivity contribution >= 4 is 45.2 Å². The van der Waals surface area contributed by atoms with Gasteiger partial charge >= 0.3 is 0 Å². The number of halogens is 1. The number of morpholine rings is 1. The second-order valence-corrected chi connectivity index (χ2v) is 9.40. The fourth-order valence-electron chi connectivity index (χ4n) is 4.11. The maximum Gasteiger partial charge on any atom is 0.262 e. The molecular weight excluding hydrogens is 456 g/mol. The van der Waals surface area contributed by atoms with Crippen molar-refractivity contribution in [2.75, 3.05) is 32.8 Å². The van der Waals surface area contributed by atoms with Gasteiger partial charge in [-0.3, -0.25) is 14.3 Å². The predicted molar refractivity (Wildman–Crippen MR) is 134 cm³/mol. The predicted octanol–water partition coefficient (Wildman–Crippen LogP) is 4.61. The molecule has 0 radical (unpaired) electrons. The van der Waals surface area contributed by atoms with Gasteiger partial charge < -0.3 is 4.74 Å². The first-order valence-corrected chi connectivity index (χ1v) is 12.5. The van der Waals surface area contributed by atoms with Crippen molar-refractivity contribution in [2.45, 2.75) is 23.9 Å². The molecule has 4 aromatic rings. The Morgan fingerprint density at radius 3 is 2.58 bits per heavy atom. The summed E-state index contributed by atoms with van der Waals surface area (Å²) in [6.45, 7) is 5.01. The van der Waals surface area contributed by atoms with Gasteiger partial charge in [-0.05, 0) is 30.7 Å². The van der Waals surface area contributed by atoms with Crippen LogP contribution in [0.15, 0.2) is 64.5 Å². The van der Waals surface area contributed by atoms with Crippen molar-refractivity contribution in [3.63, 3.8) is 0 Å². The van der Waals surface area contributed by atoms with Gasteiger partial charge in [0, 0.05) is 42.9 Å². The second-order valence-electron chi connectivity index (χ2n) is 8.10. The minimum absolute atomic E-state index is 0.00723. The van der Waals surface area contributed by atoms with Crippen molar-refractivity contribution in [1.82, 2.24) is 19.4 Å². The van der Waals surface area contributed by atoms with Gasteiger partial charge in [0.25, 0.3) is 5.56 Å². The van der Waals surface area contributed by atoms with Crippen LogP contribution in [0.5, 0.6) is 0 Å². The number of rotatable bonds is 7. The molecule has 5 rings (SSSR count). The van der Waals surface area contributed by atoms with E-state index in [1.165, 1.54) is 11.8 Å². The van der Waals surface area contributed by atoms with Crippen LogP contribution in [0.4, 0.5) is 0 Å². The highest BCUT2D eigenvalue weighted by atomic mass is 35.5. The van der Waals surface area contributed by atoms with Crippen LogP contribution in [-0.4, -0.2) is 52.3 Å². The molecule has 6 nitrogen and oxygen atoms in total. The number of hydrogen-bond donors (Lipinski definition) is 0. The second kappa shape index (κ2) is 10.2. The lowest BCUT2D eigenvalue weighted by Gasteiger charge is -2.26. The van der Waals surface area contributed by atoms with Crippen LogP contribution >= 0.6 is 23.4 Å². The Labute approximate surface area is 201 Å². The van der Waals surface area contributed by atoms with Crippen LogP contribution in [0.3, 0.4) is 0 Å². The lowest BCUT2D eigenvalue weighted by molar-refractivity contribution is 0.0368. The Morgan fingerprint density at radius 1 is 0.970 bits per heavy atom. The van der Waals surface area contributed by atoms with Gasteiger partial charge in [-0.2, -0.15) is 0 Å². The van der Waals surface area contributed by atoms with Gasteiger partial charge in [0.2, 0.25) is 0 Å². The Hall–Kier alpha value is -2.45. The Morgan fingerprint density at radius 2 is 1.73 bits per heavy atom. The fourth-order valence-corrected chi connectivity index (χ4v) is 5.40. The molecule has 0 unspecified atom stereocenters. The van der Waals surface area contributed by atoms with E-state index in [0.29, 0.717) is 28.0 Å². The largest absolute Gasteiger partial charge is 0.379 e. The molecule has 2 aromatic carbocycles. The zero-order chi connectivity index (χ0) is 22.6. The molecule has 0 N–H and O–H groups in total. The van der Waals surface area contributed by atoms with Gasteiger partial charge in [0.05, 0.1) is 29.6 Å². The molecule has 1 saturated heterocycles. The lowest BCUT2D eigenvalue weighted by Crippen LogP contribution is -2.37. The van der Waals surface area contributed by atoms with E-state index < -0.39 is 0 Å². The summed E-state index contributed by atoms with van der Waals surface area (Å²) in [5, 5.41) is 2.90. The zero-order valence-electron chi connectivity index (χ0n) is 18.2. The summed E-state index contributed by atoms with van der Waals surface area (Å²) in [5.41, 5.74) is 2.53. The molecule has 0 bridgehead atoms. The summed E-state index contributed by atoms with van der Waals surface area (Å²) in [6.07, 6.45) is 0.881. The summed E-state index contributed by atoms with van der Waals surface area (Å²) in [7, 11) is 0. The van der Waals surface area contributed by atoms with E-state index in [-0.39, 0.29) is 5.56 Å². The van der Waals surface area contributed by atoms with Gasteiger partial charge in [0.15, 0.2) is 5.16 Å². The topological polar surface area (TPSA) is 60.2 Å². The molecule has 0 amide bonds. The molecule has 1 aliphatic rings. The number of para-hydroxylation sites is 2. The highest BCUT2D eigenvalue weighted by Crippen LogP contribution is 2.28. The van der Waals surface area contributed by atoms with Crippen LogP contribution in [0.1, 0.15) is 12.0 Å². The molecular formula is C25H25ClN4O2S. The molecule has 1 aliphatic heterocycles. The average Bonchev–Trinajstić information content (AvgIpc) is 2.85. The third-order valence-electron chi connectivity index (χ3n) is 5.89. The Balaban J connectivity index is 1.40. The summed E-state index contributed by atoms with van der Waals surface area (Å²) >= 11 is 8.01. The molecule has 0 atom stereocenters. The molecule has 2 aromatic heterocycles. The molecule has 8 heteroatoms. The minimum atomic E-state index is 0.00723. The lowest BCUT2D eigenvalue weighted by atomic mass is 10.2. The van der Waals surface area contributed by atoms with E-state index in [4.69, 9.17) is 21.3 Å². The van der Waals surface area contributed by atoms with Gasteiger partial charge in [-0.15, -0.1) is 0 Å². The van der Waals surface area contributed by atoms with E-state index in [0.717, 1.165) is 61.3 Å². The third-order valence-corrected chi connectivity index (χ3v) is 7.25. The first kappa shape index (κ1) is 22.3. The zero-order valence-corrected chi connectivity index (χ0v) is 19.8. The highest BCUT2D eigenvalue weighted by molar-refractivity contribution is 7.98. The molecule has 33 heavy (non-hydrogen) atoms. The van der Waals surface area contributed by atoms with Crippen LogP contribution in [-0.2, 0) is 17.0 Å². The summed E-state index contributed by atoms with van der Waals surface area (Å²) in [4.78, 5) is 25.1. The van der Waals surface area contributed by atoms with Crippen LogP contribution < -0.4 is 5.56 Å². The quantitative estimate of drug-likeness (QED) is 0.219. The molecule has 0 aliphatic carbocycles. The summed E-state index contributed by atoms with van der Waals surface area (Å²) in [6, 6.07) is 17.5. The molecule has 170 valence electrons. The molecule has 3 heterocycles. The van der Waals surface area contributed by atoms with Crippen molar-refractivity contribution in [1.29, 1.82) is 0 Å². The first-order chi connectivity index (χ1) is 16.2. The van der Waals surface area contributed by atoms with Crippen molar-refractivity contribution in [2.24, 2.45) is 0 Å². The smallest absolute Gasteiger partial charge is 0.262 e. The minimum Gasteiger partial charge on any atom is -0.379 e. The number of ether oxygens (including phenoxy) is 1. The normalized spacial score (nSPS) is 14.8. The van der Waals surface area contributed by atoms with Crippen LogP contribution in [0.25, 0.3) is 21.8 Å². The summed E-state index contributed by atoms with van der Waals surface area (Å²) in [5.74, 6) is 0.588. The SMILES string of the molecule is O=c1c2ccccc2nc(SCc2cc3ccccc3nc2Cl)n1CCCN1CCOCC1. The number of nitrogens with zero attached hydrogens (tertiary/aromatic N) is 4. The van der Waals surface area contributed by atoms with E-state index in [2.05, 4.69) is 16.0 Å². The molecule has 0 spiro atoms. The fraction of sp³-hybridized carbons (Fsp3) is 0.320. The number of pyridine rings is 1. The van der Waals surface area contributed by atoms with Crippen molar-refractivity contribution in [3.05, 3.63) is 75.7 Å². The number of fused-ring (bicyclic) bond motifs is 2. The molecule has 1 fully saturated rings. The average molecular weight is 481 g/mol.